The number of halogens is 2. The van der Waals surface area contributed by atoms with E-state index >= 15 is 0 Å². The molecule has 1 fully saturated rings. The van der Waals surface area contributed by atoms with Gasteiger partial charge in [0.15, 0.2) is 11.5 Å². The summed E-state index contributed by atoms with van der Waals surface area (Å²) in [6, 6.07) is 7.85. The molecular formula is C25H24ClIN2O7S. The minimum atomic E-state index is -0.629. The number of amides is 3. The molecule has 0 radical (unpaired) electrons. The number of imide groups is 1. The number of ether oxygens (including phenoxy) is 3. The maximum absolute atomic E-state index is 12.9. The second kappa shape index (κ2) is 13.2. The summed E-state index contributed by atoms with van der Waals surface area (Å²) in [6.45, 7) is 3.87. The Bertz CT molecular complexity index is 1270. The summed E-state index contributed by atoms with van der Waals surface area (Å²) in [6.07, 6.45) is 2.41. The maximum atomic E-state index is 12.9. The first-order chi connectivity index (χ1) is 17.7. The first-order valence-electron chi connectivity index (χ1n) is 11.2. The molecule has 3 amide bonds. The van der Waals surface area contributed by atoms with Gasteiger partial charge in [0.25, 0.3) is 11.1 Å². The highest BCUT2D eigenvalue weighted by molar-refractivity contribution is 14.1. The summed E-state index contributed by atoms with van der Waals surface area (Å²) < 4.78 is 16.9. The van der Waals surface area contributed by atoms with Gasteiger partial charge in [0, 0.05) is 5.69 Å². The highest BCUT2D eigenvalue weighted by Crippen LogP contribution is 2.37. The van der Waals surface area contributed by atoms with Crippen LogP contribution in [0, 0.1) is 3.57 Å². The van der Waals surface area contributed by atoms with Gasteiger partial charge in [-0.1, -0.05) is 18.5 Å². The second-order valence-electron chi connectivity index (χ2n) is 7.61. The van der Waals surface area contributed by atoms with Crippen LogP contribution in [0.3, 0.4) is 0 Å². The summed E-state index contributed by atoms with van der Waals surface area (Å²) in [4.78, 5) is 51.1. The highest BCUT2D eigenvalue weighted by Gasteiger charge is 2.36. The third kappa shape index (κ3) is 7.17. The number of benzene rings is 2. The average Bonchev–Trinajstić information content (AvgIpc) is 3.11. The van der Waals surface area contributed by atoms with Gasteiger partial charge in [-0.3, -0.25) is 19.3 Å². The maximum Gasteiger partial charge on any atom is 0.339 e. The number of methoxy groups -OCH3 is 1. The topological polar surface area (TPSA) is 111 Å². The molecule has 12 heteroatoms. The van der Waals surface area contributed by atoms with Crippen molar-refractivity contribution in [1.82, 2.24) is 4.90 Å². The fourth-order valence-electron chi connectivity index (χ4n) is 3.27. The normalized spacial score (nSPS) is 14.2. The number of nitrogens with zero attached hydrogens (tertiary/aromatic N) is 1. The van der Waals surface area contributed by atoms with Gasteiger partial charge in [-0.15, -0.1) is 0 Å². The lowest BCUT2D eigenvalue weighted by molar-refractivity contribution is -0.127. The van der Waals surface area contributed by atoms with E-state index in [0.717, 1.165) is 26.7 Å². The molecule has 196 valence electrons. The van der Waals surface area contributed by atoms with Gasteiger partial charge in [-0.25, -0.2) is 4.79 Å². The number of carbonyl (C=O) groups excluding carboxylic acids is 4. The molecule has 3 rings (SSSR count). The first kappa shape index (κ1) is 28.8. The molecule has 1 heterocycles. The van der Waals surface area contributed by atoms with Crippen LogP contribution in [0.2, 0.25) is 5.02 Å². The van der Waals surface area contributed by atoms with Gasteiger partial charge in [0.2, 0.25) is 5.91 Å². The monoisotopic (exact) mass is 658 g/mol. The van der Waals surface area contributed by atoms with Crippen molar-refractivity contribution >= 4 is 80.7 Å². The lowest BCUT2D eigenvalue weighted by Gasteiger charge is -2.14. The van der Waals surface area contributed by atoms with Crippen LogP contribution in [0.4, 0.5) is 10.5 Å². The number of rotatable bonds is 10. The lowest BCUT2D eigenvalue weighted by atomic mass is 10.2. The molecule has 0 bridgehead atoms. The summed E-state index contributed by atoms with van der Waals surface area (Å²) in [5, 5.41) is 2.17. The van der Waals surface area contributed by atoms with Crippen LogP contribution in [-0.2, 0) is 14.3 Å². The highest BCUT2D eigenvalue weighted by atomic mass is 127. The van der Waals surface area contributed by atoms with E-state index in [2.05, 4.69) is 27.9 Å². The minimum absolute atomic E-state index is 0.0894. The van der Waals surface area contributed by atoms with Crippen LogP contribution in [0.15, 0.2) is 35.2 Å². The van der Waals surface area contributed by atoms with E-state index in [4.69, 9.17) is 25.8 Å². The van der Waals surface area contributed by atoms with E-state index in [9.17, 15) is 19.2 Å². The van der Waals surface area contributed by atoms with Gasteiger partial charge in [-0.2, -0.15) is 0 Å². The van der Waals surface area contributed by atoms with Crippen molar-refractivity contribution in [1.29, 1.82) is 0 Å². The van der Waals surface area contributed by atoms with E-state index < -0.39 is 29.6 Å². The van der Waals surface area contributed by atoms with Crippen LogP contribution in [-0.4, -0.2) is 54.8 Å². The molecule has 0 aromatic heterocycles. The van der Waals surface area contributed by atoms with Crippen molar-refractivity contribution < 1.29 is 33.4 Å². The zero-order valence-corrected chi connectivity index (χ0v) is 24.0. The van der Waals surface area contributed by atoms with E-state index in [1.54, 1.807) is 19.1 Å². The predicted molar refractivity (Wildman–Crippen MR) is 150 cm³/mol. The Morgan fingerprint density at radius 2 is 1.95 bits per heavy atom. The Balaban J connectivity index is 1.73. The number of nitrogens with one attached hydrogen (secondary N) is 1. The Kier molecular flexibility index (Phi) is 10.2. The average molecular weight is 659 g/mol. The molecule has 2 aromatic carbocycles. The predicted octanol–water partition coefficient (Wildman–Crippen LogP) is 5.59. The molecule has 9 nitrogen and oxygen atoms in total. The van der Waals surface area contributed by atoms with Crippen molar-refractivity contribution in [2.75, 3.05) is 32.2 Å². The molecule has 1 saturated heterocycles. The van der Waals surface area contributed by atoms with Gasteiger partial charge >= 0.3 is 5.97 Å². The molecule has 2 aromatic rings. The smallest absolute Gasteiger partial charge is 0.339 e. The number of esters is 1. The molecule has 1 aliphatic rings. The lowest BCUT2D eigenvalue weighted by Crippen LogP contribution is -2.36. The molecule has 1 aliphatic heterocycles. The molecule has 37 heavy (non-hydrogen) atoms. The van der Waals surface area contributed by atoms with E-state index in [-0.39, 0.29) is 27.8 Å². The number of hydrogen-bond acceptors (Lipinski definition) is 8. The van der Waals surface area contributed by atoms with E-state index in [0.29, 0.717) is 23.7 Å². The van der Waals surface area contributed by atoms with Crippen molar-refractivity contribution in [2.24, 2.45) is 0 Å². The molecule has 0 saturated carbocycles. The van der Waals surface area contributed by atoms with Crippen molar-refractivity contribution in [3.63, 3.8) is 0 Å². The van der Waals surface area contributed by atoms with Crippen molar-refractivity contribution in [2.45, 2.75) is 20.3 Å². The van der Waals surface area contributed by atoms with E-state index in [1.807, 2.05) is 13.0 Å². The van der Waals surface area contributed by atoms with Gasteiger partial charge in [0.1, 0.15) is 6.54 Å². The Morgan fingerprint density at radius 3 is 2.62 bits per heavy atom. The van der Waals surface area contributed by atoms with Gasteiger partial charge in [0.05, 0.1) is 39.4 Å². The van der Waals surface area contributed by atoms with Crippen LogP contribution in [0.5, 0.6) is 11.5 Å². The molecule has 0 spiro atoms. The Labute approximate surface area is 237 Å². The fraction of sp³-hybridized carbons (Fsp3) is 0.280. The SMILES string of the molecule is CCCOc1c(I)cc(/C=C2\SC(=O)N(CC(=O)Nc3ccc(Cl)c(C(=O)OCC)c3)C2=O)cc1OC. The summed E-state index contributed by atoms with van der Waals surface area (Å²) in [7, 11) is 1.52. The number of hydrogen-bond donors (Lipinski definition) is 1. The fourth-order valence-corrected chi connectivity index (χ4v) is 5.08. The first-order valence-corrected chi connectivity index (χ1v) is 13.5. The third-order valence-corrected chi connectivity index (χ3v) is 6.96. The quantitative estimate of drug-likeness (QED) is 0.200. The summed E-state index contributed by atoms with van der Waals surface area (Å²) in [5.41, 5.74) is 1.01. The Morgan fingerprint density at radius 1 is 1.19 bits per heavy atom. The number of carbonyl (C=O) groups is 4. The minimum Gasteiger partial charge on any atom is -0.493 e. The van der Waals surface area contributed by atoms with Crippen LogP contribution < -0.4 is 14.8 Å². The second-order valence-corrected chi connectivity index (χ2v) is 10.2. The van der Waals surface area contributed by atoms with Crippen molar-refractivity contribution in [3.8, 4) is 11.5 Å². The molecule has 0 aliphatic carbocycles. The third-order valence-electron chi connectivity index (χ3n) is 4.92. The molecule has 1 N–H and O–H groups in total. The zero-order valence-electron chi connectivity index (χ0n) is 20.3. The standard InChI is InChI=1S/C25H24ClIN2O7S/c1-4-8-36-22-18(27)9-14(10-19(22)34-3)11-20-23(31)29(25(33)37-20)13-21(30)28-15-6-7-17(26)16(12-15)24(32)35-5-2/h6-7,9-12H,4-5,8,13H2,1-3H3,(H,28,30)/b20-11-. The van der Waals surface area contributed by atoms with Crippen molar-refractivity contribution in [3.05, 3.63) is 55.0 Å². The summed E-state index contributed by atoms with van der Waals surface area (Å²) >= 11 is 8.91. The van der Waals surface area contributed by atoms with Gasteiger partial charge < -0.3 is 19.5 Å². The van der Waals surface area contributed by atoms with Crippen LogP contribution in [0.25, 0.3) is 6.08 Å². The van der Waals surface area contributed by atoms with Crippen LogP contribution in [0.1, 0.15) is 36.2 Å². The number of thioether (sulfide) groups is 1. The van der Waals surface area contributed by atoms with E-state index in [1.165, 1.54) is 25.3 Å². The van der Waals surface area contributed by atoms with Gasteiger partial charge in [-0.05, 0) is 89.7 Å². The zero-order chi connectivity index (χ0) is 27.1. The summed E-state index contributed by atoms with van der Waals surface area (Å²) in [5.74, 6) is -0.713. The Hall–Kier alpha value is -2.77. The largest absolute Gasteiger partial charge is 0.493 e. The van der Waals surface area contributed by atoms with Crippen LogP contribution >= 0.6 is 46.0 Å². The molecule has 0 atom stereocenters. The molecule has 0 unspecified atom stereocenters. The number of anilines is 1. The molecular weight excluding hydrogens is 635 g/mol.